The molecule has 0 saturated heterocycles. The normalized spacial score (nSPS) is 11.0. The number of carbonyl (C=O) groups excluding carboxylic acids is 2. The molecule has 0 atom stereocenters. The lowest BCUT2D eigenvalue weighted by atomic mass is 9.84. The van der Waals surface area contributed by atoms with Crippen LogP contribution in [0.25, 0.3) is 0 Å². The topological polar surface area (TPSA) is 58.2 Å². The maximum absolute atomic E-state index is 12.4. The Hall–Kier alpha value is -2.33. The minimum atomic E-state index is -0.425. The van der Waals surface area contributed by atoms with Crippen LogP contribution < -0.4 is 10.6 Å². The molecule has 0 saturated carbocycles. The molecule has 0 aliphatic rings. The van der Waals surface area contributed by atoms with Gasteiger partial charge in [0.2, 0.25) is 5.91 Å². The zero-order chi connectivity index (χ0) is 19.0. The summed E-state index contributed by atoms with van der Waals surface area (Å²) < 4.78 is 0. The molecule has 2 rings (SSSR count). The fourth-order valence-electron chi connectivity index (χ4n) is 2.99. The van der Waals surface area contributed by atoms with Gasteiger partial charge in [0.25, 0.3) is 5.91 Å². The van der Waals surface area contributed by atoms with E-state index in [9.17, 15) is 9.59 Å². The quantitative estimate of drug-likeness (QED) is 0.726. The van der Waals surface area contributed by atoms with E-state index in [-0.39, 0.29) is 18.2 Å². The largest absolute Gasteiger partial charge is 0.352 e. The Kier molecular flexibility index (Phi) is 7.22. The summed E-state index contributed by atoms with van der Waals surface area (Å²) in [7, 11) is 0. The third kappa shape index (κ3) is 5.09. The SMILES string of the molecule is CCC(CC)(NC(=O)CCNC(=O)c1ccccc1)c1ccc(Cl)cc1. The molecule has 0 aromatic heterocycles. The highest BCUT2D eigenvalue weighted by Crippen LogP contribution is 2.29. The smallest absolute Gasteiger partial charge is 0.251 e. The lowest BCUT2D eigenvalue weighted by Gasteiger charge is -2.33. The van der Waals surface area contributed by atoms with Gasteiger partial charge in [0.15, 0.2) is 0 Å². The Labute approximate surface area is 159 Å². The summed E-state index contributed by atoms with van der Waals surface area (Å²) in [6.45, 7) is 4.40. The number of carbonyl (C=O) groups is 2. The van der Waals surface area contributed by atoms with Gasteiger partial charge in [-0.1, -0.05) is 55.8 Å². The van der Waals surface area contributed by atoms with Gasteiger partial charge in [-0.15, -0.1) is 0 Å². The van der Waals surface area contributed by atoms with Crippen molar-refractivity contribution in [2.45, 2.75) is 38.6 Å². The van der Waals surface area contributed by atoms with Crippen LogP contribution in [0.1, 0.15) is 49.0 Å². The molecule has 0 bridgehead atoms. The molecule has 0 fully saturated rings. The fraction of sp³-hybridized carbons (Fsp3) is 0.333. The summed E-state index contributed by atoms with van der Waals surface area (Å²) in [5.74, 6) is -0.259. The van der Waals surface area contributed by atoms with E-state index in [0.717, 1.165) is 18.4 Å². The highest BCUT2D eigenvalue weighted by atomic mass is 35.5. The van der Waals surface area contributed by atoms with Crippen molar-refractivity contribution < 1.29 is 9.59 Å². The van der Waals surface area contributed by atoms with Crippen molar-refractivity contribution in [2.75, 3.05) is 6.54 Å². The van der Waals surface area contributed by atoms with Gasteiger partial charge in [-0.05, 0) is 42.7 Å². The van der Waals surface area contributed by atoms with E-state index >= 15 is 0 Å². The molecule has 0 radical (unpaired) electrons. The van der Waals surface area contributed by atoms with Crippen molar-refractivity contribution >= 4 is 23.4 Å². The minimum Gasteiger partial charge on any atom is -0.352 e. The first-order valence-corrected chi connectivity index (χ1v) is 9.29. The Morgan fingerprint density at radius 2 is 1.58 bits per heavy atom. The molecule has 2 amide bonds. The van der Waals surface area contributed by atoms with Crippen LogP contribution in [-0.2, 0) is 10.3 Å². The molecule has 26 heavy (non-hydrogen) atoms. The third-order valence-corrected chi connectivity index (χ3v) is 4.91. The van der Waals surface area contributed by atoms with E-state index in [1.165, 1.54) is 0 Å². The molecule has 138 valence electrons. The first-order valence-electron chi connectivity index (χ1n) is 8.91. The fourth-order valence-corrected chi connectivity index (χ4v) is 3.11. The van der Waals surface area contributed by atoms with Crippen molar-refractivity contribution in [3.8, 4) is 0 Å². The zero-order valence-corrected chi connectivity index (χ0v) is 16.0. The molecule has 0 spiro atoms. The summed E-state index contributed by atoms with van der Waals surface area (Å²) in [5.41, 5.74) is 1.20. The van der Waals surface area contributed by atoms with Crippen LogP contribution in [0.2, 0.25) is 5.02 Å². The van der Waals surface area contributed by atoms with Crippen LogP contribution >= 0.6 is 11.6 Å². The van der Waals surface area contributed by atoms with Crippen molar-refractivity contribution in [1.29, 1.82) is 0 Å². The van der Waals surface area contributed by atoms with Crippen molar-refractivity contribution in [2.24, 2.45) is 0 Å². The van der Waals surface area contributed by atoms with E-state index in [1.54, 1.807) is 12.1 Å². The molecule has 2 aromatic rings. The number of benzene rings is 2. The van der Waals surface area contributed by atoms with Gasteiger partial charge in [0.1, 0.15) is 0 Å². The number of hydrogen-bond donors (Lipinski definition) is 2. The average Bonchev–Trinajstić information content (AvgIpc) is 2.67. The Bertz CT molecular complexity index is 725. The van der Waals surface area contributed by atoms with E-state index < -0.39 is 5.54 Å². The number of rotatable bonds is 8. The van der Waals surface area contributed by atoms with Crippen LogP contribution in [0.5, 0.6) is 0 Å². The lowest BCUT2D eigenvalue weighted by Crippen LogP contribution is -2.46. The molecular weight excluding hydrogens is 348 g/mol. The summed E-state index contributed by atoms with van der Waals surface area (Å²) in [6.07, 6.45) is 1.77. The van der Waals surface area contributed by atoms with Crippen molar-refractivity contribution in [3.05, 3.63) is 70.7 Å². The Morgan fingerprint density at radius 1 is 0.962 bits per heavy atom. The summed E-state index contributed by atoms with van der Waals surface area (Å²) in [6, 6.07) is 16.5. The van der Waals surface area contributed by atoms with E-state index in [1.807, 2.05) is 42.5 Å². The molecular formula is C21H25ClN2O2. The second-order valence-corrected chi connectivity index (χ2v) is 6.65. The molecule has 0 unspecified atom stereocenters. The Morgan fingerprint density at radius 3 is 2.15 bits per heavy atom. The standard InChI is InChI=1S/C21H25ClN2O2/c1-3-21(4-2,17-10-12-18(22)13-11-17)24-19(25)14-15-23-20(26)16-8-6-5-7-9-16/h5-13H,3-4,14-15H2,1-2H3,(H,23,26)(H,24,25). The van der Waals surface area contributed by atoms with Crippen molar-refractivity contribution in [3.63, 3.8) is 0 Å². The lowest BCUT2D eigenvalue weighted by molar-refractivity contribution is -0.123. The van der Waals surface area contributed by atoms with Crippen LogP contribution in [0, 0.1) is 0 Å². The van der Waals surface area contributed by atoms with Gasteiger partial charge in [-0.25, -0.2) is 0 Å². The van der Waals surface area contributed by atoms with Crippen LogP contribution in [0.3, 0.4) is 0 Å². The summed E-state index contributed by atoms with van der Waals surface area (Å²) >= 11 is 5.98. The first kappa shape index (κ1) is 20.0. The zero-order valence-electron chi connectivity index (χ0n) is 15.2. The monoisotopic (exact) mass is 372 g/mol. The number of amides is 2. The van der Waals surface area contributed by atoms with Gasteiger partial charge in [-0.3, -0.25) is 9.59 Å². The second kappa shape index (κ2) is 9.39. The number of halogens is 1. The highest BCUT2D eigenvalue weighted by molar-refractivity contribution is 6.30. The van der Waals surface area contributed by atoms with Crippen LogP contribution in [-0.4, -0.2) is 18.4 Å². The molecule has 0 aliphatic carbocycles. The van der Waals surface area contributed by atoms with Crippen molar-refractivity contribution in [1.82, 2.24) is 10.6 Å². The van der Waals surface area contributed by atoms with E-state index in [4.69, 9.17) is 11.6 Å². The van der Waals surface area contributed by atoms with E-state index in [2.05, 4.69) is 24.5 Å². The number of nitrogens with one attached hydrogen (secondary N) is 2. The second-order valence-electron chi connectivity index (χ2n) is 6.22. The molecule has 2 N–H and O–H groups in total. The maximum Gasteiger partial charge on any atom is 0.251 e. The van der Waals surface area contributed by atoms with Gasteiger partial charge in [-0.2, -0.15) is 0 Å². The van der Waals surface area contributed by atoms with Gasteiger partial charge in [0, 0.05) is 23.6 Å². The predicted molar refractivity (Wildman–Crippen MR) is 105 cm³/mol. The van der Waals surface area contributed by atoms with Gasteiger partial charge < -0.3 is 10.6 Å². The average molecular weight is 373 g/mol. The third-order valence-electron chi connectivity index (χ3n) is 4.66. The molecule has 4 nitrogen and oxygen atoms in total. The van der Waals surface area contributed by atoms with Gasteiger partial charge >= 0.3 is 0 Å². The number of hydrogen-bond acceptors (Lipinski definition) is 2. The Balaban J connectivity index is 1.93. The minimum absolute atomic E-state index is 0.0861. The maximum atomic E-state index is 12.4. The van der Waals surface area contributed by atoms with Crippen LogP contribution in [0.15, 0.2) is 54.6 Å². The molecule has 0 aliphatic heterocycles. The molecule has 5 heteroatoms. The highest BCUT2D eigenvalue weighted by Gasteiger charge is 2.29. The first-order chi connectivity index (χ1) is 12.5. The van der Waals surface area contributed by atoms with E-state index in [0.29, 0.717) is 17.1 Å². The predicted octanol–water partition coefficient (Wildman–Crippen LogP) is 4.29. The molecule has 0 heterocycles. The van der Waals surface area contributed by atoms with Gasteiger partial charge in [0.05, 0.1) is 5.54 Å². The summed E-state index contributed by atoms with van der Waals surface area (Å²) in [4.78, 5) is 24.5. The molecule has 2 aromatic carbocycles. The van der Waals surface area contributed by atoms with Crippen LogP contribution in [0.4, 0.5) is 0 Å². The summed E-state index contributed by atoms with van der Waals surface area (Å²) in [5, 5.41) is 6.60.